The van der Waals surface area contributed by atoms with Crippen molar-refractivity contribution in [1.82, 2.24) is 0 Å². The number of allylic oxidation sites excluding steroid dienone is 1. The van der Waals surface area contributed by atoms with Gasteiger partial charge in [0, 0.05) is 5.41 Å². The summed E-state index contributed by atoms with van der Waals surface area (Å²) in [4.78, 5) is 0.0515. The van der Waals surface area contributed by atoms with Gasteiger partial charge in [-0.3, -0.25) is 0 Å². The minimum atomic E-state index is -3.35. The van der Waals surface area contributed by atoms with Gasteiger partial charge in [0.1, 0.15) is 0 Å². The van der Waals surface area contributed by atoms with E-state index in [0.29, 0.717) is 6.42 Å². The summed E-state index contributed by atoms with van der Waals surface area (Å²) in [6.45, 7) is 3.34. The average molecular weight is 238 g/mol. The monoisotopic (exact) mass is 238 g/mol. The molecule has 1 aliphatic rings. The van der Waals surface area contributed by atoms with Crippen LogP contribution in [0.25, 0.3) is 0 Å². The Morgan fingerprint density at radius 2 is 1.86 bits per heavy atom. The highest BCUT2D eigenvalue weighted by Crippen LogP contribution is 2.26. The van der Waals surface area contributed by atoms with Crippen molar-refractivity contribution in [2.45, 2.75) is 31.9 Å². The van der Waals surface area contributed by atoms with Crippen molar-refractivity contribution < 1.29 is 16.8 Å². The Kier molecular flexibility index (Phi) is 3.06. The Labute approximate surface area is 84.8 Å². The lowest BCUT2D eigenvalue weighted by molar-refractivity contribution is 0.573. The zero-order valence-corrected chi connectivity index (χ0v) is 9.86. The zero-order valence-electron chi connectivity index (χ0n) is 8.23. The van der Waals surface area contributed by atoms with E-state index in [-0.39, 0.29) is 17.1 Å². The van der Waals surface area contributed by atoms with E-state index in [1.807, 2.05) is 0 Å². The highest BCUT2D eigenvalue weighted by molar-refractivity contribution is 8.02. The molecule has 0 fully saturated rings. The number of sulfone groups is 2. The quantitative estimate of drug-likeness (QED) is 0.715. The average Bonchev–Trinajstić information content (AvgIpc) is 2.08. The molecule has 0 aromatic carbocycles. The highest BCUT2D eigenvalue weighted by Gasteiger charge is 2.36. The molecule has 0 bridgehead atoms. The predicted molar refractivity (Wildman–Crippen MR) is 55.2 cm³/mol. The summed E-state index contributed by atoms with van der Waals surface area (Å²) in [6, 6.07) is 0. The van der Waals surface area contributed by atoms with Crippen molar-refractivity contribution in [2.75, 3.05) is 5.75 Å². The van der Waals surface area contributed by atoms with E-state index in [9.17, 15) is 16.8 Å². The van der Waals surface area contributed by atoms with E-state index in [1.54, 1.807) is 13.8 Å². The lowest BCUT2D eigenvalue weighted by atomic mass is 10.4. The van der Waals surface area contributed by atoms with E-state index < -0.39 is 24.9 Å². The summed E-state index contributed by atoms with van der Waals surface area (Å²) in [5.41, 5.74) is 0. The summed E-state index contributed by atoms with van der Waals surface area (Å²) < 4.78 is 46.1. The predicted octanol–water partition coefficient (Wildman–Crippen LogP) is 0.860. The van der Waals surface area contributed by atoms with E-state index >= 15 is 0 Å². The van der Waals surface area contributed by atoms with Gasteiger partial charge in [-0.05, 0) is 12.8 Å². The molecule has 4 nitrogen and oxygen atoms in total. The first-order valence-corrected chi connectivity index (χ1v) is 7.77. The molecule has 0 radical (unpaired) electrons. The minimum absolute atomic E-state index is 0.0515. The molecule has 0 N–H and O–H groups in total. The molecule has 0 aromatic rings. The fourth-order valence-electron chi connectivity index (χ4n) is 1.50. The van der Waals surface area contributed by atoms with Crippen molar-refractivity contribution >= 4 is 19.7 Å². The number of hydrogen-bond donors (Lipinski definition) is 0. The maximum Gasteiger partial charge on any atom is 0.179 e. The Morgan fingerprint density at radius 1 is 1.29 bits per heavy atom. The van der Waals surface area contributed by atoms with Crippen LogP contribution < -0.4 is 0 Å². The normalized spacial score (nSPS) is 29.6. The maximum absolute atomic E-state index is 11.7. The van der Waals surface area contributed by atoms with Crippen molar-refractivity contribution in [3.05, 3.63) is 10.3 Å². The van der Waals surface area contributed by atoms with Crippen LogP contribution in [0.3, 0.4) is 0 Å². The molecule has 1 heterocycles. The summed E-state index contributed by atoms with van der Waals surface area (Å²) in [5, 5.41) is 0.154. The molecule has 6 heteroatoms. The van der Waals surface area contributed by atoms with Crippen LogP contribution in [0.1, 0.15) is 26.7 Å². The number of rotatable bonds is 2. The fraction of sp³-hybridized carbons (Fsp3) is 0.750. The molecule has 0 amide bonds. The summed E-state index contributed by atoms with van der Waals surface area (Å²) >= 11 is 0. The standard InChI is InChI=1S/C8H14O4S2/c1-3-7-5-13(9,10)6-8(4-2)14(7,11)12/h5,8H,3-4,6H2,1-2H3. The first-order valence-electron chi connectivity index (χ1n) is 4.50. The van der Waals surface area contributed by atoms with Gasteiger partial charge in [-0.15, -0.1) is 0 Å². The molecular weight excluding hydrogens is 224 g/mol. The smallest absolute Gasteiger partial charge is 0.179 e. The van der Waals surface area contributed by atoms with Crippen LogP contribution in [-0.4, -0.2) is 27.8 Å². The maximum atomic E-state index is 11.7. The Morgan fingerprint density at radius 3 is 2.29 bits per heavy atom. The second-order valence-electron chi connectivity index (χ2n) is 3.34. The van der Waals surface area contributed by atoms with Gasteiger partial charge >= 0.3 is 0 Å². The van der Waals surface area contributed by atoms with Crippen LogP contribution in [0.2, 0.25) is 0 Å². The van der Waals surface area contributed by atoms with Crippen LogP contribution in [-0.2, 0) is 19.7 Å². The van der Waals surface area contributed by atoms with Crippen LogP contribution >= 0.6 is 0 Å². The van der Waals surface area contributed by atoms with Gasteiger partial charge in [0.25, 0.3) is 0 Å². The molecular formula is C8H14O4S2. The summed E-state index contributed by atoms with van der Waals surface area (Å²) in [5.74, 6) is -0.269. The fourth-order valence-corrected chi connectivity index (χ4v) is 6.45. The van der Waals surface area contributed by atoms with Gasteiger partial charge < -0.3 is 0 Å². The summed E-state index contributed by atoms with van der Waals surface area (Å²) in [7, 11) is -6.67. The molecule has 14 heavy (non-hydrogen) atoms. The van der Waals surface area contributed by atoms with E-state index in [0.717, 1.165) is 5.41 Å². The molecule has 0 saturated heterocycles. The summed E-state index contributed by atoms with van der Waals surface area (Å²) in [6.07, 6.45) is 0.594. The molecule has 1 atom stereocenters. The lowest BCUT2D eigenvalue weighted by Crippen LogP contribution is -2.33. The Bertz CT molecular complexity index is 442. The van der Waals surface area contributed by atoms with Crippen molar-refractivity contribution in [2.24, 2.45) is 0 Å². The molecule has 1 aliphatic heterocycles. The van der Waals surface area contributed by atoms with E-state index in [2.05, 4.69) is 0 Å². The molecule has 0 aromatic heterocycles. The van der Waals surface area contributed by atoms with Gasteiger partial charge in [0.2, 0.25) is 0 Å². The van der Waals surface area contributed by atoms with Crippen LogP contribution in [0.4, 0.5) is 0 Å². The molecule has 1 rings (SSSR count). The SMILES string of the molecule is CCC1=CS(=O)(=O)CC(CC)S1(=O)=O. The third kappa shape index (κ3) is 2.00. The van der Waals surface area contributed by atoms with Crippen LogP contribution in [0.5, 0.6) is 0 Å². The molecule has 0 saturated carbocycles. The first-order chi connectivity index (χ1) is 6.33. The van der Waals surface area contributed by atoms with Crippen molar-refractivity contribution in [3.8, 4) is 0 Å². The number of hydrogen-bond acceptors (Lipinski definition) is 4. The Hall–Kier alpha value is -0.360. The third-order valence-electron chi connectivity index (χ3n) is 2.34. The second-order valence-corrected chi connectivity index (χ2v) is 7.52. The van der Waals surface area contributed by atoms with Crippen LogP contribution in [0.15, 0.2) is 10.3 Å². The largest absolute Gasteiger partial charge is 0.224 e. The van der Waals surface area contributed by atoms with Gasteiger partial charge in [-0.2, -0.15) is 0 Å². The van der Waals surface area contributed by atoms with E-state index in [1.165, 1.54) is 0 Å². The van der Waals surface area contributed by atoms with Gasteiger partial charge in [-0.1, -0.05) is 13.8 Å². The topological polar surface area (TPSA) is 68.3 Å². The Balaban J connectivity index is 3.34. The van der Waals surface area contributed by atoms with Crippen molar-refractivity contribution in [1.29, 1.82) is 0 Å². The van der Waals surface area contributed by atoms with Gasteiger partial charge in [0.15, 0.2) is 19.7 Å². The highest BCUT2D eigenvalue weighted by atomic mass is 32.2. The van der Waals surface area contributed by atoms with Crippen LogP contribution in [0, 0.1) is 0 Å². The minimum Gasteiger partial charge on any atom is -0.224 e. The second kappa shape index (κ2) is 3.66. The lowest BCUT2D eigenvalue weighted by Gasteiger charge is -2.21. The molecule has 1 unspecified atom stereocenters. The van der Waals surface area contributed by atoms with Gasteiger partial charge in [0.05, 0.1) is 15.9 Å². The molecule has 0 spiro atoms. The van der Waals surface area contributed by atoms with Gasteiger partial charge in [-0.25, -0.2) is 16.8 Å². The first kappa shape index (κ1) is 11.7. The van der Waals surface area contributed by atoms with E-state index in [4.69, 9.17) is 0 Å². The zero-order chi connectivity index (χ0) is 11.0. The molecule has 0 aliphatic carbocycles. The molecule has 82 valence electrons. The van der Waals surface area contributed by atoms with Crippen molar-refractivity contribution in [3.63, 3.8) is 0 Å². The third-order valence-corrected chi connectivity index (χ3v) is 6.72.